The highest BCUT2D eigenvalue weighted by Crippen LogP contribution is 2.38. The van der Waals surface area contributed by atoms with Crippen LogP contribution in [0.15, 0.2) is 0 Å². The van der Waals surface area contributed by atoms with E-state index in [9.17, 15) is 9.36 Å². The Bertz CT molecular complexity index is 379. The molecule has 0 unspecified atom stereocenters. The summed E-state index contributed by atoms with van der Waals surface area (Å²) in [5.74, 6) is 0.140. The zero-order valence-corrected chi connectivity index (χ0v) is 17.2. The van der Waals surface area contributed by atoms with Crippen LogP contribution in [0, 0.1) is 0 Å². The summed E-state index contributed by atoms with van der Waals surface area (Å²) < 4.78 is 17.9. The van der Waals surface area contributed by atoms with Gasteiger partial charge < -0.3 is 8.99 Å². The molecule has 0 aromatic carbocycles. The molecule has 0 rings (SSSR count). The van der Waals surface area contributed by atoms with Crippen molar-refractivity contribution in [3.8, 4) is 0 Å². The minimum Gasteiger partial charge on any atom is -0.414 e. The normalized spacial score (nSPS) is 15.0. The molecule has 5 heteroatoms. The molecule has 0 N–H and O–H groups in total. The maximum atomic E-state index is 11.7. The Kier molecular flexibility index (Phi) is 8.11. The summed E-state index contributed by atoms with van der Waals surface area (Å²) in [5, 5.41) is 0.237. The van der Waals surface area contributed by atoms with E-state index in [0.717, 1.165) is 19.3 Å². The van der Waals surface area contributed by atoms with Crippen LogP contribution in [0.3, 0.4) is 0 Å². The van der Waals surface area contributed by atoms with Gasteiger partial charge in [0.25, 0.3) is 0 Å². The quantitative estimate of drug-likeness (QED) is 0.333. The third-order valence-corrected chi connectivity index (χ3v) is 9.89. The third-order valence-electron chi connectivity index (χ3n) is 4.18. The SMILES string of the molecule is C[C@H](CCCCC(=O)CP(C)(C)=O)O[Si](C)(C)C(C)(C)C. The van der Waals surface area contributed by atoms with E-state index in [1.165, 1.54) is 0 Å². The van der Waals surface area contributed by atoms with E-state index in [-0.39, 0.29) is 23.1 Å². The van der Waals surface area contributed by atoms with Crippen molar-refractivity contribution in [1.29, 1.82) is 0 Å². The summed E-state index contributed by atoms with van der Waals surface area (Å²) in [4.78, 5) is 11.7. The molecule has 0 spiro atoms. The number of hydrogen-bond acceptors (Lipinski definition) is 3. The van der Waals surface area contributed by atoms with Crippen LogP contribution in [-0.2, 0) is 13.8 Å². The lowest BCUT2D eigenvalue weighted by Gasteiger charge is -2.38. The van der Waals surface area contributed by atoms with E-state index in [1.54, 1.807) is 13.3 Å². The van der Waals surface area contributed by atoms with E-state index >= 15 is 0 Å². The molecule has 0 aliphatic heterocycles. The molecule has 3 nitrogen and oxygen atoms in total. The predicted molar refractivity (Wildman–Crippen MR) is 95.5 cm³/mol. The van der Waals surface area contributed by atoms with Crippen LogP contribution in [0.25, 0.3) is 0 Å². The molecule has 0 saturated heterocycles. The van der Waals surface area contributed by atoms with Crippen molar-refractivity contribution in [3.63, 3.8) is 0 Å². The molecule has 1 atom stereocenters. The average Bonchev–Trinajstić information content (AvgIpc) is 2.19. The van der Waals surface area contributed by atoms with Crippen molar-refractivity contribution in [1.82, 2.24) is 0 Å². The molecule has 0 aromatic rings. The van der Waals surface area contributed by atoms with Crippen molar-refractivity contribution in [2.75, 3.05) is 19.5 Å². The second-order valence-corrected chi connectivity index (χ2v) is 16.4. The topological polar surface area (TPSA) is 43.4 Å². The molecule has 21 heavy (non-hydrogen) atoms. The first kappa shape index (κ1) is 21.1. The highest BCUT2D eigenvalue weighted by molar-refractivity contribution is 7.63. The zero-order valence-electron chi connectivity index (χ0n) is 15.3. The van der Waals surface area contributed by atoms with E-state index in [1.807, 2.05) is 0 Å². The minimum atomic E-state index is -2.20. The molecule has 0 aromatic heterocycles. The molecular formula is C16H35O3PSi. The fourth-order valence-electron chi connectivity index (χ4n) is 2.00. The van der Waals surface area contributed by atoms with Crippen molar-refractivity contribution in [2.45, 2.75) is 77.6 Å². The number of unbranched alkanes of at least 4 members (excludes halogenated alkanes) is 1. The van der Waals surface area contributed by atoms with Gasteiger partial charge in [-0.2, -0.15) is 0 Å². The van der Waals surface area contributed by atoms with Gasteiger partial charge in [0.05, 0.1) is 13.3 Å². The molecule has 0 saturated carbocycles. The molecule has 126 valence electrons. The van der Waals surface area contributed by atoms with Crippen LogP contribution < -0.4 is 0 Å². The Balaban J connectivity index is 3.99. The van der Waals surface area contributed by atoms with Gasteiger partial charge in [-0.1, -0.05) is 27.2 Å². The second kappa shape index (κ2) is 8.08. The average molecular weight is 335 g/mol. The van der Waals surface area contributed by atoms with Crippen molar-refractivity contribution in [3.05, 3.63) is 0 Å². The maximum Gasteiger partial charge on any atom is 0.192 e. The molecule has 0 radical (unpaired) electrons. The van der Waals surface area contributed by atoms with Gasteiger partial charge >= 0.3 is 0 Å². The van der Waals surface area contributed by atoms with E-state index in [0.29, 0.717) is 6.42 Å². The largest absolute Gasteiger partial charge is 0.414 e. The van der Waals surface area contributed by atoms with Crippen molar-refractivity contribution < 1.29 is 13.8 Å². The lowest BCUT2D eigenvalue weighted by Crippen LogP contribution is -2.43. The Morgan fingerprint density at radius 2 is 1.71 bits per heavy atom. The van der Waals surface area contributed by atoms with Gasteiger partial charge in [0, 0.05) is 12.5 Å². The van der Waals surface area contributed by atoms with Gasteiger partial charge in [-0.05, 0) is 51.2 Å². The minimum absolute atomic E-state index is 0.140. The van der Waals surface area contributed by atoms with Crippen LogP contribution in [0.1, 0.15) is 53.4 Å². The lowest BCUT2D eigenvalue weighted by atomic mass is 10.1. The summed E-state index contributed by atoms with van der Waals surface area (Å²) in [6.07, 6.45) is 3.94. The summed E-state index contributed by atoms with van der Waals surface area (Å²) in [7, 11) is -3.89. The fourth-order valence-corrected chi connectivity index (χ4v) is 4.48. The van der Waals surface area contributed by atoms with Gasteiger partial charge in [-0.3, -0.25) is 4.79 Å². The Morgan fingerprint density at radius 3 is 2.14 bits per heavy atom. The van der Waals surface area contributed by atoms with Crippen LogP contribution in [0.2, 0.25) is 18.1 Å². The number of Topliss-reactive ketones (excluding diaryl/α,β-unsaturated/α-hetero) is 1. The predicted octanol–water partition coefficient (Wildman–Crippen LogP) is 5.15. The van der Waals surface area contributed by atoms with E-state index in [2.05, 4.69) is 40.8 Å². The molecule has 0 amide bonds. The number of carbonyl (C=O) groups is 1. The number of ketones is 1. The van der Waals surface area contributed by atoms with Crippen molar-refractivity contribution >= 4 is 21.2 Å². The monoisotopic (exact) mass is 334 g/mol. The Labute approximate surface area is 132 Å². The third kappa shape index (κ3) is 9.65. The highest BCUT2D eigenvalue weighted by Gasteiger charge is 2.38. The molecule has 0 heterocycles. The number of rotatable bonds is 9. The number of hydrogen-bond donors (Lipinski definition) is 0. The first-order chi connectivity index (χ1) is 9.24. The first-order valence-electron chi connectivity index (χ1n) is 7.98. The number of carbonyl (C=O) groups excluding carboxylic acids is 1. The highest BCUT2D eigenvalue weighted by atomic mass is 31.2. The van der Waals surface area contributed by atoms with E-state index in [4.69, 9.17) is 4.43 Å². The van der Waals surface area contributed by atoms with Gasteiger partial charge in [0.15, 0.2) is 8.32 Å². The van der Waals surface area contributed by atoms with Crippen LogP contribution in [-0.4, -0.2) is 39.7 Å². The molecule has 0 bridgehead atoms. The maximum absolute atomic E-state index is 11.7. The zero-order chi connectivity index (χ0) is 16.9. The Morgan fingerprint density at radius 1 is 1.19 bits per heavy atom. The van der Waals surface area contributed by atoms with Gasteiger partial charge in [0.1, 0.15) is 5.78 Å². The Hall–Kier alpha value is 0.0769. The first-order valence-corrected chi connectivity index (χ1v) is 13.7. The molecular weight excluding hydrogens is 299 g/mol. The standard InChI is InChI=1S/C16H35O3PSi/c1-14(19-21(7,8)16(2,3)4)11-9-10-12-15(17)13-20(5,6)18/h14H,9-13H2,1-8H3/t14-/m1/s1. The summed E-state index contributed by atoms with van der Waals surface area (Å²) >= 11 is 0. The van der Waals surface area contributed by atoms with Gasteiger partial charge in [0.2, 0.25) is 0 Å². The summed E-state index contributed by atoms with van der Waals surface area (Å²) in [5.41, 5.74) is 0. The van der Waals surface area contributed by atoms with Gasteiger partial charge in [-0.15, -0.1) is 0 Å². The van der Waals surface area contributed by atoms with Crippen molar-refractivity contribution in [2.24, 2.45) is 0 Å². The summed E-state index contributed by atoms with van der Waals surface area (Å²) in [6.45, 7) is 16.8. The van der Waals surface area contributed by atoms with E-state index < -0.39 is 15.5 Å². The van der Waals surface area contributed by atoms with Crippen LogP contribution in [0.5, 0.6) is 0 Å². The summed E-state index contributed by atoms with van der Waals surface area (Å²) in [6, 6.07) is 0. The molecule has 0 fully saturated rings. The smallest absolute Gasteiger partial charge is 0.192 e. The molecule has 0 aliphatic rings. The van der Waals surface area contributed by atoms with Crippen LogP contribution in [0.4, 0.5) is 0 Å². The van der Waals surface area contributed by atoms with Gasteiger partial charge in [-0.25, -0.2) is 0 Å². The lowest BCUT2D eigenvalue weighted by molar-refractivity contribution is -0.116. The fraction of sp³-hybridized carbons (Fsp3) is 0.938. The second-order valence-electron chi connectivity index (χ2n) is 8.21. The molecule has 0 aliphatic carbocycles. The van der Waals surface area contributed by atoms with Crippen LogP contribution >= 0.6 is 7.14 Å².